The molecule has 0 radical (unpaired) electrons. The summed E-state index contributed by atoms with van der Waals surface area (Å²) in [6.45, 7) is 3.59. The molecule has 0 aliphatic rings. The van der Waals surface area contributed by atoms with Gasteiger partial charge in [0.25, 0.3) is 11.8 Å². The number of carbonyl (C=O) groups excluding carboxylic acids is 2. The van der Waals surface area contributed by atoms with Crippen molar-refractivity contribution >= 4 is 17.8 Å². The molecule has 3 N–H and O–H groups in total. The highest BCUT2D eigenvalue weighted by atomic mass is 16.5. The van der Waals surface area contributed by atoms with E-state index in [0.29, 0.717) is 16.9 Å². The van der Waals surface area contributed by atoms with E-state index in [0.717, 1.165) is 5.56 Å². The van der Waals surface area contributed by atoms with Crippen molar-refractivity contribution in [3.05, 3.63) is 65.2 Å². The normalized spacial score (nSPS) is 10.3. The van der Waals surface area contributed by atoms with Crippen LogP contribution in [0.1, 0.15) is 40.1 Å². The van der Waals surface area contributed by atoms with Crippen molar-refractivity contribution < 1.29 is 24.2 Å². The van der Waals surface area contributed by atoms with Gasteiger partial charge >= 0.3 is 5.97 Å². The van der Waals surface area contributed by atoms with E-state index in [1.54, 1.807) is 48.5 Å². The van der Waals surface area contributed by atoms with Crippen LogP contribution in [-0.4, -0.2) is 35.5 Å². The zero-order valence-electron chi connectivity index (χ0n) is 15.2. The Morgan fingerprint density at radius 1 is 1.00 bits per heavy atom. The van der Waals surface area contributed by atoms with Crippen LogP contribution in [0.25, 0.3) is 0 Å². The molecule has 7 heteroatoms. The van der Waals surface area contributed by atoms with E-state index in [2.05, 4.69) is 10.6 Å². The topological polar surface area (TPSA) is 105 Å². The molecule has 7 nitrogen and oxygen atoms in total. The Labute approximate surface area is 157 Å². The van der Waals surface area contributed by atoms with E-state index >= 15 is 0 Å². The number of carbonyl (C=O) groups is 3. The van der Waals surface area contributed by atoms with Gasteiger partial charge in [0.05, 0.1) is 0 Å². The largest absolute Gasteiger partial charge is 0.482 e. The van der Waals surface area contributed by atoms with Crippen LogP contribution in [0.5, 0.6) is 5.75 Å². The van der Waals surface area contributed by atoms with Gasteiger partial charge in [0, 0.05) is 23.7 Å². The van der Waals surface area contributed by atoms with Gasteiger partial charge in [0.2, 0.25) is 0 Å². The number of hydrogen-bond donors (Lipinski definition) is 3. The number of carboxylic acids is 1. The standard InChI is InChI=1S/C20H22N2O5/c1-13(2)22-20(26)16-8-6-15(7-9-16)19(25)21-11-14-4-3-5-17(10-14)27-12-18(23)24/h3-10,13H,11-12H2,1-2H3,(H,21,25)(H,22,26)(H,23,24). The number of carboxylic acid groups (broad SMARTS) is 1. The molecule has 0 spiro atoms. The van der Waals surface area contributed by atoms with Crippen molar-refractivity contribution in [1.29, 1.82) is 0 Å². The Balaban J connectivity index is 1.93. The average molecular weight is 370 g/mol. The molecule has 0 fully saturated rings. The SMILES string of the molecule is CC(C)NC(=O)c1ccc(C(=O)NCc2cccc(OCC(=O)O)c2)cc1. The first kappa shape index (κ1) is 20.0. The lowest BCUT2D eigenvalue weighted by atomic mass is 10.1. The zero-order valence-corrected chi connectivity index (χ0v) is 15.2. The number of hydrogen-bond acceptors (Lipinski definition) is 4. The summed E-state index contributed by atoms with van der Waals surface area (Å²) in [7, 11) is 0. The van der Waals surface area contributed by atoms with Crippen molar-refractivity contribution in [2.24, 2.45) is 0 Å². The van der Waals surface area contributed by atoms with E-state index in [1.165, 1.54) is 0 Å². The quantitative estimate of drug-likeness (QED) is 0.661. The first-order valence-corrected chi connectivity index (χ1v) is 8.48. The minimum Gasteiger partial charge on any atom is -0.482 e. The second-order valence-electron chi connectivity index (χ2n) is 6.22. The fraction of sp³-hybridized carbons (Fsp3) is 0.250. The number of amides is 2. The Bertz CT molecular complexity index is 815. The molecule has 0 saturated heterocycles. The Kier molecular flexibility index (Phi) is 6.93. The monoisotopic (exact) mass is 370 g/mol. The van der Waals surface area contributed by atoms with Gasteiger partial charge in [-0.05, 0) is 55.8 Å². The molecule has 0 atom stereocenters. The molecular formula is C20H22N2O5. The lowest BCUT2D eigenvalue weighted by molar-refractivity contribution is -0.139. The van der Waals surface area contributed by atoms with E-state index in [-0.39, 0.29) is 24.4 Å². The maximum atomic E-state index is 12.3. The summed E-state index contributed by atoms with van der Waals surface area (Å²) in [6, 6.07) is 13.3. The number of aliphatic carboxylic acids is 1. The fourth-order valence-electron chi connectivity index (χ4n) is 2.29. The smallest absolute Gasteiger partial charge is 0.341 e. The van der Waals surface area contributed by atoms with E-state index < -0.39 is 12.6 Å². The van der Waals surface area contributed by atoms with Crippen molar-refractivity contribution in [2.45, 2.75) is 26.4 Å². The van der Waals surface area contributed by atoms with Gasteiger partial charge in [-0.1, -0.05) is 12.1 Å². The van der Waals surface area contributed by atoms with Crippen LogP contribution >= 0.6 is 0 Å². The van der Waals surface area contributed by atoms with E-state index in [1.807, 2.05) is 13.8 Å². The van der Waals surface area contributed by atoms with Crippen molar-refractivity contribution in [1.82, 2.24) is 10.6 Å². The van der Waals surface area contributed by atoms with Gasteiger partial charge < -0.3 is 20.5 Å². The van der Waals surface area contributed by atoms with Crippen LogP contribution in [0.2, 0.25) is 0 Å². The van der Waals surface area contributed by atoms with E-state index in [9.17, 15) is 14.4 Å². The molecule has 2 aromatic carbocycles. The van der Waals surface area contributed by atoms with Crippen LogP contribution in [0.15, 0.2) is 48.5 Å². The summed E-state index contributed by atoms with van der Waals surface area (Å²) in [5.74, 6) is -1.10. The first-order chi connectivity index (χ1) is 12.8. The third-order valence-corrected chi connectivity index (χ3v) is 3.54. The second kappa shape index (κ2) is 9.38. The molecule has 0 aromatic heterocycles. The van der Waals surface area contributed by atoms with Crippen LogP contribution in [0.3, 0.4) is 0 Å². The third-order valence-electron chi connectivity index (χ3n) is 3.54. The second-order valence-corrected chi connectivity index (χ2v) is 6.22. The number of benzene rings is 2. The summed E-state index contributed by atoms with van der Waals surface area (Å²) < 4.78 is 5.11. The summed E-state index contributed by atoms with van der Waals surface area (Å²) in [4.78, 5) is 34.7. The first-order valence-electron chi connectivity index (χ1n) is 8.48. The van der Waals surface area contributed by atoms with Crippen molar-refractivity contribution in [3.8, 4) is 5.75 Å². The number of rotatable bonds is 8. The molecule has 2 rings (SSSR count). The summed E-state index contributed by atoms with van der Waals surface area (Å²) in [5.41, 5.74) is 1.71. The maximum absolute atomic E-state index is 12.3. The lowest BCUT2D eigenvalue weighted by Gasteiger charge is -2.10. The molecule has 0 unspecified atom stereocenters. The van der Waals surface area contributed by atoms with Gasteiger partial charge in [-0.2, -0.15) is 0 Å². The van der Waals surface area contributed by atoms with Crippen LogP contribution in [0.4, 0.5) is 0 Å². The highest BCUT2D eigenvalue weighted by molar-refractivity contribution is 5.97. The number of ether oxygens (including phenoxy) is 1. The summed E-state index contributed by atoms with van der Waals surface area (Å²) in [6.07, 6.45) is 0. The molecule has 0 aliphatic heterocycles. The zero-order chi connectivity index (χ0) is 19.8. The van der Waals surface area contributed by atoms with Crippen LogP contribution in [-0.2, 0) is 11.3 Å². The Morgan fingerprint density at radius 2 is 1.63 bits per heavy atom. The van der Waals surface area contributed by atoms with Gasteiger partial charge in [-0.25, -0.2) is 4.79 Å². The molecule has 2 aromatic rings. The minimum atomic E-state index is -1.06. The van der Waals surface area contributed by atoms with Gasteiger partial charge in [-0.3, -0.25) is 9.59 Å². The molecule has 0 aliphatic carbocycles. The molecule has 0 saturated carbocycles. The minimum absolute atomic E-state index is 0.0377. The van der Waals surface area contributed by atoms with Gasteiger partial charge in [0.15, 0.2) is 6.61 Å². The maximum Gasteiger partial charge on any atom is 0.341 e. The van der Waals surface area contributed by atoms with E-state index in [4.69, 9.17) is 9.84 Å². The molecule has 142 valence electrons. The third kappa shape index (κ3) is 6.47. The predicted octanol–water partition coefficient (Wildman–Crippen LogP) is 2.22. The Hall–Kier alpha value is -3.35. The molecule has 0 bridgehead atoms. The van der Waals surface area contributed by atoms with Crippen molar-refractivity contribution in [3.63, 3.8) is 0 Å². The molecule has 2 amide bonds. The molecule has 27 heavy (non-hydrogen) atoms. The van der Waals surface area contributed by atoms with Crippen LogP contribution in [0, 0.1) is 0 Å². The Morgan fingerprint density at radius 3 is 2.22 bits per heavy atom. The van der Waals surface area contributed by atoms with Gasteiger partial charge in [0.1, 0.15) is 5.75 Å². The molecular weight excluding hydrogens is 348 g/mol. The average Bonchev–Trinajstić information content (AvgIpc) is 2.64. The van der Waals surface area contributed by atoms with Gasteiger partial charge in [-0.15, -0.1) is 0 Å². The number of nitrogens with one attached hydrogen (secondary N) is 2. The summed E-state index contributed by atoms with van der Waals surface area (Å²) >= 11 is 0. The highest BCUT2D eigenvalue weighted by Crippen LogP contribution is 2.13. The highest BCUT2D eigenvalue weighted by Gasteiger charge is 2.10. The predicted molar refractivity (Wildman–Crippen MR) is 99.8 cm³/mol. The molecule has 0 heterocycles. The lowest BCUT2D eigenvalue weighted by Crippen LogP contribution is -2.30. The fourth-order valence-corrected chi connectivity index (χ4v) is 2.29. The summed E-state index contributed by atoms with van der Waals surface area (Å²) in [5, 5.41) is 14.2. The van der Waals surface area contributed by atoms with Crippen LogP contribution < -0.4 is 15.4 Å². The van der Waals surface area contributed by atoms with Crippen molar-refractivity contribution in [2.75, 3.05) is 6.61 Å².